The molecule has 1 amide bonds. The van der Waals surface area contributed by atoms with Crippen LogP contribution in [0, 0.1) is 0 Å². The van der Waals surface area contributed by atoms with Gasteiger partial charge in [0.1, 0.15) is 15.8 Å². The highest BCUT2D eigenvalue weighted by Crippen LogP contribution is 2.37. The first-order valence-corrected chi connectivity index (χ1v) is 11.6. The molecule has 0 spiro atoms. The number of furan rings is 1. The number of hydrogen-bond donors (Lipinski definition) is 0. The van der Waals surface area contributed by atoms with Gasteiger partial charge in [-0.05, 0) is 30.7 Å². The van der Waals surface area contributed by atoms with Crippen LogP contribution in [0.4, 0.5) is 0 Å². The Morgan fingerprint density at radius 3 is 2.74 bits per heavy atom. The van der Waals surface area contributed by atoms with E-state index in [0.717, 1.165) is 17.3 Å². The standard InChI is InChI=1S/C18H14ClNO4S3/c19-14-4-2-1-3-13(14)15-6-5-12(24-15)9-16-17(21)20(18(25)26-16)11-7-8-27(22,23)10-11/h1-6,9,11H,7-8,10H2. The monoisotopic (exact) mass is 439 g/mol. The molecule has 2 aliphatic rings. The van der Waals surface area contributed by atoms with Gasteiger partial charge in [0, 0.05) is 11.6 Å². The summed E-state index contributed by atoms with van der Waals surface area (Å²) in [6.07, 6.45) is 2.04. The highest BCUT2D eigenvalue weighted by Gasteiger charge is 2.42. The minimum absolute atomic E-state index is 0.0376. The SMILES string of the molecule is O=C1C(=Cc2ccc(-c3ccccc3Cl)o2)SC(=S)N1C1CCS(=O)(=O)C1. The number of hydrogen-bond acceptors (Lipinski definition) is 6. The van der Waals surface area contributed by atoms with Crippen molar-refractivity contribution in [3.05, 3.63) is 52.1 Å². The van der Waals surface area contributed by atoms with E-state index in [0.29, 0.717) is 32.2 Å². The fourth-order valence-electron chi connectivity index (χ4n) is 3.14. The highest BCUT2D eigenvalue weighted by molar-refractivity contribution is 8.26. The number of amides is 1. The predicted molar refractivity (Wildman–Crippen MR) is 111 cm³/mol. The first-order chi connectivity index (χ1) is 12.8. The zero-order chi connectivity index (χ0) is 19.2. The Kier molecular flexibility index (Phi) is 4.92. The molecule has 3 heterocycles. The molecule has 0 radical (unpaired) electrons. The molecule has 2 aliphatic heterocycles. The number of benzene rings is 1. The molecule has 4 rings (SSSR count). The van der Waals surface area contributed by atoms with Gasteiger partial charge in [-0.15, -0.1) is 0 Å². The van der Waals surface area contributed by atoms with Gasteiger partial charge in [0.05, 0.1) is 27.5 Å². The number of carbonyl (C=O) groups excluding carboxylic acids is 1. The van der Waals surface area contributed by atoms with Crippen molar-refractivity contribution in [1.29, 1.82) is 0 Å². The molecule has 1 aromatic heterocycles. The number of thiocarbonyl (C=S) groups is 1. The number of thioether (sulfide) groups is 1. The normalized spacial score (nSPS) is 23.5. The van der Waals surface area contributed by atoms with E-state index in [4.69, 9.17) is 28.2 Å². The Bertz CT molecular complexity index is 1070. The molecule has 27 heavy (non-hydrogen) atoms. The molecule has 5 nitrogen and oxygen atoms in total. The topological polar surface area (TPSA) is 67.6 Å². The summed E-state index contributed by atoms with van der Waals surface area (Å²) < 4.78 is 29.6. The third-order valence-electron chi connectivity index (χ3n) is 4.44. The van der Waals surface area contributed by atoms with Gasteiger partial charge in [-0.3, -0.25) is 9.69 Å². The van der Waals surface area contributed by atoms with E-state index in [1.807, 2.05) is 18.2 Å². The minimum Gasteiger partial charge on any atom is -0.457 e. The van der Waals surface area contributed by atoms with Gasteiger partial charge in [-0.2, -0.15) is 0 Å². The molecular formula is C18H14ClNO4S3. The van der Waals surface area contributed by atoms with Gasteiger partial charge in [0.15, 0.2) is 9.84 Å². The zero-order valence-corrected chi connectivity index (χ0v) is 17.1. The van der Waals surface area contributed by atoms with Gasteiger partial charge in [0.2, 0.25) is 0 Å². The average molecular weight is 440 g/mol. The molecule has 0 aliphatic carbocycles. The Labute approximate surface area is 171 Å². The first kappa shape index (κ1) is 18.7. The number of carbonyl (C=O) groups is 1. The minimum atomic E-state index is -3.10. The van der Waals surface area contributed by atoms with Gasteiger partial charge < -0.3 is 4.42 Å². The van der Waals surface area contributed by atoms with Crippen LogP contribution in [0.2, 0.25) is 5.02 Å². The lowest BCUT2D eigenvalue weighted by Gasteiger charge is -2.20. The Hall–Kier alpha value is -1.61. The quantitative estimate of drug-likeness (QED) is 0.532. The second kappa shape index (κ2) is 7.09. The van der Waals surface area contributed by atoms with E-state index in [1.54, 1.807) is 24.3 Å². The summed E-state index contributed by atoms with van der Waals surface area (Å²) in [7, 11) is -3.10. The van der Waals surface area contributed by atoms with Crippen LogP contribution < -0.4 is 0 Å². The molecule has 1 atom stereocenters. The molecular weight excluding hydrogens is 426 g/mol. The summed E-state index contributed by atoms with van der Waals surface area (Å²) in [6.45, 7) is 0. The van der Waals surface area contributed by atoms with E-state index >= 15 is 0 Å². The van der Waals surface area contributed by atoms with Crippen LogP contribution >= 0.6 is 35.6 Å². The molecule has 0 saturated carbocycles. The average Bonchev–Trinajstić information content (AvgIpc) is 3.27. The van der Waals surface area contributed by atoms with E-state index in [9.17, 15) is 13.2 Å². The lowest BCUT2D eigenvalue weighted by molar-refractivity contribution is -0.123. The maximum Gasteiger partial charge on any atom is 0.266 e. The van der Waals surface area contributed by atoms with Crippen LogP contribution in [0.25, 0.3) is 17.4 Å². The van der Waals surface area contributed by atoms with Crippen LogP contribution in [-0.2, 0) is 14.6 Å². The Morgan fingerprint density at radius 2 is 2.04 bits per heavy atom. The molecule has 0 bridgehead atoms. The summed E-state index contributed by atoms with van der Waals surface area (Å²) in [5, 5.41) is 0.576. The number of sulfone groups is 1. The van der Waals surface area contributed by atoms with Crippen molar-refractivity contribution in [3.8, 4) is 11.3 Å². The zero-order valence-electron chi connectivity index (χ0n) is 13.9. The Morgan fingerprint density at radius 1 is 1.26 bits per heavy atom. The van der Waals surface area contributed by atoms with Crippen LogP contribution in [0.5, 0.6) is 0 Å². The molecule has 2 aromatic rings. The van der Waals surface area contributed by atoms with Crippen molar-refractivity contribution in [2.24, 2.45) is 0 Å². The molecule has 2 saturated heterocycles. The molecule has 0 N–H and O–H groups in total. The predicted octanol–water partition coefficient (Wildman–Crippen LogP) is 3.99. The van der Waals surface area contributed by atoms with Crippen molar-refractivity contribution >= 4 is 61.7 Å². The highest BCUT2D eigenvalue weighted by atomic mass is 35.5. The van der Waals surface area contributed by atoms with Crippen molar-refractivity contribution in [3.63, 3.8) is 0 Å². The molecule has 1 aromatic carbocycles. The van der Waals surface area contributed by atoms with Crippen molar-refractivity contribution in [2.75, 3.05) is 11.5 Å². The first-order valence-electron chi connectivity index (χ1n) is 8.16. The second-order valence-electron chi connectivity index (χ2n) is 6.29. The fraction of sp³-hybridized carbons (Fsp3) is 0.222. The maximum absolute atomic E-state index is 12.7. The smallest absolute Gasteiger partial charge is 0.266 e. The lowest BCUT2D eigenvalue weighted by atomic mass is 10.2. The molecule has 2 fully saturated rings. The van der Waals surface area contributed by atoms with Crippen molar-refractivity contribution in [2.45, 2.75) is 12.5 Å². The van der Waals surface area contributed by atoms with E-state index in [-0.39, 0.29) is 23.5 Å². The van der Waals surface area contributed by atoms with Crippen LogP contribution in [-0.4, -0.2) is 41.1 Å². The molecule has 9 heteroatoms. The summed E-state index contributed by atoms with van der Waals surface area (Å²) in [5.74, 6) is 0.883. The van der Waals surface area contributed by atoms with E-state index in [1.165, 1.54) is 4.90 Å². The largest absolute Gasteiger partial charge is 0.457 e. The summed E-state index contributed by atoms with van der Waals surface area (Å²) in [4.78, 5) is 14.6. The maximum atomic E-state index is 12.7. The molecule has 140 valence electrons. The van der Waals surface area contributed by atoms with Gasteiger partial charge in [0.25, 0.3) is 5.91 Å². The number of nitrogens with zero attached hydrogens (tertiary/aromatic N) is 1. The Balaban J connectivity index is 1.58. The van der Waals surface area contributed by atoms with Crippen LogP contribution in [0.3, 0.4) is 0 Å². The van der Waals surface area contributed by atoms with E-state index < -0.39 is 9.84 Å². The fourth-order valence-corrected chi connectivity index (χ4v) is 6.45. The van der Waals surface area contributed by atoms with Crippen molar-refractivity contribution in [1.82, 2.24) is 4.90 Å². The van der Waals surface area contributed by atoms with Crippen LogP contribution in [0.15, 0.2) is 45.7 Å². The van der Waals surface area contributed by atoms with Gasteiger partial charge >= 0.3 is 0 Å². The van der Waals surface area contributed by atoms with Crippen LogP contribution in [0.1, 0.15) is 12.2 Å². The third kappa shape index (κ3) is 3.71. The van der Waals surface area contributed by atoms with E-state index in [2.05, 4.69) is 0 Å². The molecule has 1 unspecified atom stereocenters. The summed E-state index contributed by atoms with van der Waals surface area (Å²) in [5.41, 5.74) is 0.766. The van der Waals surface area contributed by atoms with Crippen molar-refractivity contribution < 1.29 is 17.6 Å². The summed E-state index contributed by atoms with van der Waals surface area (Å²) in [6, 6.07) is 10.5. The third-order valence-corrected chi connectivity index (χ3v) is 7.85. The van der Waals surface area contributed by atoms with Gasteiger partial charge in [-0.1, -0.05) is 47.7 Å². The van der Waals surface area contributed by atoms with Gasteiger partial charge in [-0.25, -0.2) is 8.42 Å². The number of rotatable bonds is 3. The lowest BCUT2D eigenvalue weighted by Crippen LogP contribution is -2.39. The second-order valence-corrected chi connectivity index (χ2v) is 10.6. The summed E-state index contributed by atoms with van der Waals surface area (Å²) >= 11 is 12.7. The number of halogens is 1.